The summed E-state index contributed by atoms with van der Waals surface area (Å²) in [6.45, 7) is 11.1. The van der Waals surface area contributed by atoms with Crippen LogP contribution in [0.25, 0.3) is 0 Å². The summed E-state index contributed by atoms with van der Waals surface area (Å²) in [6, 6.07) is 0. The van der Waals surface area contributed by atoms with E-state index < -0.39 is 0 Å². The monoisotopic (exact) mass is 213 g/mol. The third-order valence-corrected chi connectivity index (χ3v) is 2.78. The Kier molecular flexibility index (Phi) is 6.62. The second-order valence-electron chi connectivity index (χ2n) is 5.38. The molecular weight excluding hydrogens is 186 g/mol. The smallest absolute Gasteiger partial charge is 0.225 e. The van der Waals surface area contributed by atoms with E-state index in [2.05, 4.69) is 19.2 Å². The van der Waals surface area contributed by atoms with E-state index in [1.165, 1.54) is 19.3 Å². The van der Waals surface area contributed by atoms with Gasteiger partial charge < -0.3 is 5.32 Å². The Hall–Kier alpha value is -0.530. The van der Waals surface area contributed by atoms with Crippen molar-refractivity contribution in [2.75, 3.05) is 6.54 Å². The number of rotatable bonds is 6. The summed E-state index contributed by atoms with van der Waals surface area (Å²) in [5.41, 5.74) is -0.261. The molecule has 0 saturated carbocycles. The lowest BCUT2D eigenvalue weighted by molar-refractivity contribution is -0.128. The van der Waals surface area contributed by atoms with Gasteiger partial charge in [0.1, 0.15) is 0 Å². The third-order valence-electron chi connectivity index (χ3n) is 2.78. The van der Waals surface area contributed by atoms with Crippen molar-refractivity contribution in [2.45, 2.75) is 60.3 Å². The zero-order chi connectivity index (χ0) is 11.9. The largest absolute Gasteiger partial charge is 0.355 e. The molecule has 0 aromatic carbocycles. The Morgan fingerprint density at radius 1 is 1.27 bits per heavy atom. The first-order valence-corrected chi connectivity index (χ1v) is 6.20. The molecular formula is C13H27NO. The molecule has 0 aliphatic heterocycles. The van der Waals surface area contributed by atoms with Crippen molar-refractivity contribution in [1.29, 1.82) is 0 Å². The lowest BCUT2D eigenvalue weighted by Crippen LogP contribution is -2.37. The number of hydrogen-bond acceptors (Lipinski definition) is 1. The Labute approximate surface area is 94.8 Å². The molecule has 0 bridgehead atoms. The van der Waals surface area contributed by atoms with Crippen LogP contribution in [0.3, 0.4) is 0 Å². The van der Waals surface area contributed by atoms with Crippen LogP contribution >= 0.6 is 0 Å². The van der Waals surface area contributed by atoms with Gasteiger partial charge in [0.05, 0.1) is 0 Å². The van der Waals surface area contributed by atoms with Crippen LogP contribution in [-0.2, 0) is 4.79 Å². The molecule has 0 aliphatic carbocycles. The van der Waals surface area contributed by atoms with Gasteiger partial charge in [0.15, 0.2) is 0 Å². The predicted molar refractivity (Wildman–Crippen MR) is 65.8 cm³/mol. The van der Waals surface area contributed by atoms with Crippen molar-refractivity contribution in [3.05, 3.63) is 0 Å². The molecule has 0 spiro atoms. The van der Waals surface area contributed by atoms with Gasteiger partial charge in [-0.05, 0) is 12.3 Å². The van der Waals surface area contributed by atoms with Gasteiger partial charge in [-0.2, -0.15) is 0 Å². The number of carbonyl (C=O) groups excluding carboxylic acids is 1. The van der Waals surface area contributed by atoms with Crippen LogP contribution in [0.15, 0.2) is 0 Å². The predicted octanol–water partition coefficient (Wildman–Crippen LogP) is 3.37. The summed E-state index contributed by atoms with van der Waals surface area (Å²) in [7, 11) is 0. The molecule has 0 aromatic heterocycles. The van der Waals surface area contributed by atoms with Crippen LogP contribution in [-0.4, -0.2) is 12.5 Å². The van der Waals surface area contributed by atoms with Crippen LogP contribution in [0.4, 0.5) is 0 Å². The van der Waals surface area contributed by atoms with Crippen LogP contribution in [0.5, 0.6) is 0 Å². The highest BCUT2D eigenvalue weighted by molar-refractivity contribution is 5.81. The van der Waals surface area contributed by atoms with Crippen molar-refractivity contribution < 1.29 is 4.79 Å². The summed E-state index contributed by atoms with van der Waals surface area (Å²) in [6.07, 6.45) is 4.90. The summed E-state index contributed by atoms with van der Waals surface area (Å²) >= 11 is 0. The van der Waals surface area contributed by atoms with E-state index in [4.69, 9.17) is 0 Å². The fourth-order valence-electron chi connectivity index (χ4n) is 1.45. The van der Waals surface area contributed by atoms with Crippen LogP contribution < -0.4 is 5.32 Å². The van der Waals surface area contributed by atoms with Crippen molar-refractivity contribution in [3.63, 3.8) is 0 Å². The van der Waals surface area contributed by atoms with Gasteiger partial charge in [0.2, 0.25) is 5.91 Å². The molecule has 1 N–H and O–H groups in total. The molecule has 90 valence electrons. The van der Waals surface area contributed by atoms with Gasteiger partial charge >= 0.3 is 0 Å². The Morgan fingerprint density at radius 3 is 2.27 bits per heavy atom. The molecule has 2 nitrogen and oxygen atoms in total. The highest BCUT2D eigenvalue weighted by Gasteiger charge is 2.21. The molecule has 0 rings (SSSR count). The quantitative estimate of drug-likeness (QED) is 0.720. The lowest BCUT2D eigenvalue weighted by Gasteiger charge is -2.21. The fourth-order valence-corrected chi connectivity index (χ4v) is 1.45. The normalized spacial score (nSPS) is 13.7. The average molecular weight is 213 g/mol. The number of hydrogen-bond donors (Lipinski definition) is 1. The van der Waals surface area contributed by atoms with Crippen molar-refractivity contribution in [3.8, 4) is 0 Å². The topological polar surface area (TPSA) is 29.1 Å². The van der Waals surface area contributed by atoms with Gasteiger partial charge in [-0.1, -0.05) is 53.9 Å². The van der Waals surface area contributed by atoms with Gasteiger partial charge in [0.25, 0.3) is 0 Å². The molecule has 0 heterocycles. The summed E-state index contributed by atoms with van der Waals surface area (Å²) in [4.78, 5) is 11.6. The SMILES string of the molecule is CCCC[C@H](CC)CNC(=O)C(C)(C)C. The maximum Gasteiger partial charge on any atom is 0.225 e. The minimum absolute atomic E-state index is 0.164. The zero-order valence-corrected chi connectivity index (χ0v) is 11.0. The fraction of sp³-hybridized carbons (Fsp3) is 0.923. The lowest BCUT2D eigenvalue weighted by atomic mass is 9.94. The number of unbranched alkanes of at least 4 members (excludes halogenated alkanes) is 1. The number of amides is 1. The van der Waals surface area contributed by atoms with Gasteiger partial charge in [-0.3, -0.25) is 4.79 Å². The molecule has 0 unspecified atom stereocenters. The second kappa shape index (κ2) is 6.86. The molecule has 15 heavy (non-hydrogen) atoms. The first-order chi connectivity index (χ1) is 6.91. The molecule has 0 radical (unpaired) electrons. The van der Waals surface area contributed by atoms with E-state index in [0.717, 1.165) is 13.0 Å². The van der Waals surface area contributed by atoms with Gasteiger partial charge in [-0.25, -0.2) is 0 Å². The van der Waals surface area contributed by atoms with Gasteiger partial charge in [-0.15, -0.1) is 0 Å². The molecule has 1 atom stereocenters. The zero-order valence-electron chi connectivity index (χ0n) is 11.0. The Morgan fingerprint density at radius 2 is 1.87 bits per heavy atom. The maximum atomic E-state index is 11.6. The second-order valence-corrected chi connectivity index (χ2v) is 5.38. The molecule has 1 amide bonds. The van der Waals surface area contributed by atoms with E-state index in [1.807, 2.05) is 20.8 Å². The first kappa shape index (κ1) is 14.5. The summed E-state index contributed by atoms with van der Waals surface area (Å²) in [5, 5.41) is 3.04. The molecule has 2 heteroatoms. The first-order valence-electron chi connectivity index (χ1n) is 6.20. The molecule has 0 aliphatic rings. The van der Waals surface area contributed by atoms with E-state index in [-0.39, 0.29) is 11.3 Å². The highest BCUT2D eigenvalue weighted by Crippen LogP contribution is 2.15. The van der Waals surface area contributed by atoms with E-state index in [0.29, 0.717) is 5.92 Å². The van der Waals surface area contributed by atoms with E-state index in [9.17, 15) is 4.79 Å². The Bertz CT molecular complexity index is 181. The van der Waals surface area contributed by atoms with E-state index >= 15 is 0 Å². The number of nitrogens with one attached hydrogen (secondary N) is 1. The Balaban J connectivity index is 3.85. The average Bonchev–Trinajstić information content (AvgIpc) is 2.16. The van der Waals surface area contributed by atoms with Crippen LogP contribution in [0.2, 0.25) is 0 Å². The third kappa shape index (κ3) is 6.53. The van der Waals surface area contributed by atoms with Crippen LogP contribution in [0, 0.1) is 11.3 Å². The summed E-state index contributed by atoms with van der Waals surface area (Å²) < 4.78 is 0. The van der Waals surface area contributed by atoms with Crippen LogP contribution in [0.1, 0.15) is 60.3 Å². The number of carbonyl (C=O) groups is 1. The van der Waals surface area contributed by atoms with Gasteiger partial charge in [0, 0.05) is 12.0 Å². The standard InChI is InChI=1S/C13H27NO/c1-6-8-9-11(7-2)10-14-12(15)13(3,4)5/h11H,6-10H2,1-5H3,(H,14,15)/t11-/m0/s1. The highest BCUT2D eigenvalue weighted by atomic mass is 16.2. The minimum Gasteiger partial charge on any atom is -0.355 e. The minimum atomic E-state index is -0.261. The molecule has 0 aromatic rings. The van der Waals surface area contributed by atoms with E-state index in [1.54, 1.807) is 0 Å². The molecule has 0 fully saturated rings. The maximum absolute atomic E-state index is 11.6. The molecule has 0 saturated heterocycles. The summed E-state index contributed by atoms with van der Waals surface area (Å²) in [5.74, 6) is 0.814. The van der Waals surface area contributed by atoms with Crippen molar-refractivity contribution >= 4 is 5.91 Å². The van der Waals surface area contributed by atoms with Crippen molar-refractivity contribution in [1.82, 2.24) is 5.32 Å². The van der Waals surface area contributed by atoms with Crippen molar-refractivity contribution in [2.24, 2.45) is 11.3 Å².